The standard InChI is InChI=1S/C17H17BrN2O2/c18-16-14(15(22-20-16)11-6-7-11)17(21)19-9-12-8-13(12)10-4-2-1-3-5-10/h1-5,11-13H,6-9H2,(H,19,21)/t12-,13-/m0/s1. The second kappa shape index (κ2) is 5.54. The average Bonchev–Trinajstić information content (AvgIpc) is 3.44. The normalized spacial score (nSPS) is 23.3. The number of rotatable bonds is 5. The molecule has 4 nitrogen and oxygen atoms in total. The van der Waals surface area contributed by atoms with E-state index in [0.29, 0.717) is 34.5 Å². The van der Waals surface area contributed by atoms with E-state index in [1.807, 2.05) is 6.07 Å². The molecule has 4 rings (SSSR count). The lowest BCUT2D eigenvalue weighted by atomic mass is 10.1. The van der Waals surface area contributed by atoms with Crippen molar-refractivity contribution < 1.29 is 9.32 Å². The van der Waals surface area contributed by atoms with Gasteiger partial charge in [-0.15, -0.1) is 0 Å². The summed E-state index contributed by atoms with van der Waals surface area (Å²) < 4.78 is 5.81. The molecule has 0 aliphatic heterocycles. The Hall–Kier alpha value is -1.62. The Kier molecular flexibility index (Phi) is 3.53. The molecule has 1 aromatic carbocycles. The lowest BCUT2D eigenvalue weighted by Gasteiger charge is -2.05. The third kappa shape index (κ3) is 2.70. The zero-order valence-electron chi connectivity index (χ0n) is 12.1. The maximum atomic E-state index is 12.4. The molecule has 2 atom stereocenters. The predicted octanol–water partition coefficient (Wildman–Crippen LogP) is 3.85. The summed E-state index contributed by atoms with van der Waals surface area (Å²) in [6, 6.07) is 10.5. The third-order valence-electron chi connectivity index (χ3n) is 4.53. The SMILES string of the molecule is O=C(NC[C@@H]1C[C@H]1c1ccccc1)c1c(Br)noc1C1CC1. The van der Waals surface area contributed by atoms with Crippen molar-refractivity contribution in [2.45, 2.75) is 31.1 Å². The van der Waals surface area contributed by atoms with Crippen LogP contribution in [0.1, 0.15) is 52.8 Å². The number of carbonyl (C=O) groups is 1. The van der Waals surface area contributed by atoms with Gasteiger partial charge in [0.15, 0.2) is 10.4 Å². The summed E-state index contributed by atoms with van der Waals surface area (Å²) in [5.74, 6) is 2.15. The van der Waals surface area contributed by atoms with Gasteiger partial charge in [0.1, 0.15) is 5.56 Å². The topological polar surface area (TPSA) is 55.1 Å². The molecule has 0 bridgehead atoms. The van der Waals surface area contributed by atoms with E-state index in [2.05, 4.69) is 50.7 Å². The number of carbonyl (C=O) groups excluding carboxylic acids is 1. The molecule has 1 N–H and O–H groups in total. The third-order valence-corrected chi connectivity index (χ3v) is 5.07. The van der Waals surface area contributed by atoms with Crippen molar-refractivity contribution in [2.24, 2.45) is 5.92 Å². The zero-order chi connectivity index (χ0) is 15.1. The van der Waals surface area contributed by atoms with E-state index in [-0.39, 0.29) is 5.91 Å². The van der Waals surface area contributed by atoms with Crippen LogP contribution in [-0.4, -0.2) is 17.6 Å². The van der Waals surface area contributed by atoms with Crippen LogP contribution in [0.4, 0.5) is 0 Å². The fourth-order valence-corrected chi connectivity index (χ4v) is 3.45. The molecule has 0 saturated heterocycles. The van der Waals surface area contributed by atoms with Gasteiger partial charge in [-0.05, 0) is 52.6 Å². The van der Waals surface area contributed by atoms with Crippen LogP contribution in [-0.2, 0) is 0 Å². The smallest absolute Gasteiger partial charge is 0.257 e. The highest BCUT2D eigenvalue weighted by atomic mass is 79.9. The Morgan fingerprint density at radius 2 is 2.09 bits per heavy atom. The minimum Gasteiger partial charge on any atom is -0.359 e. The zero-order valence-corrected chi connectivity index (χ0v) is 13.7. The van der Waals surface area contributed by atoms with Crippen LogP contribution >= 0.6 is 15.9 Å². The predicted molar refractivity (Wildman–Crippen MR) is 85.8 cm³/mol. The molecule has 114 valence electrons. The molecule has 1 aromatic heterocycles. The lowest BCUT2D eigenvalue weighted by Crippen LogP contribution is -2.26. The lowest BCUT2D eigenvalue weighted by molar-refractivity contribution is 0.0949. The number of amides is 1. The van der Waals surface area contributed by atoms with Crippen LogP contribution in [0.15, 0.2) is 39.5 Å². The van der Waals surface area contributed by atoms with Gasteiger partial charge in [0.05, 0.1) is 0 Å². The first-order valence-electron chi connectivity index (χ1n) is 7.72. The summed E-state index contributed by atoms with van der Waals surface area (Å²) in [6.45, 7) is 0.708. The molecule has 2 aromatic rings. The number of aromatic nitrogens is 1. The fourth-order valence-electron chi connectivity index (χ4n) is 3.01. The maximum Gasteiger partial charge on any atom is 0.257 e. The number of hydrogen-bond acceptors (Lipinski definition) is 3. The first-order chi connectivity index (χ1) is 10.7. The van der Waals surface area contributed by atoms with Crippen LogP contribution in [0.3, 0.4) is 0 Å². The largest absolute Gasteiger partial charge is 0.359 e. The number of nitrogens with one attached hydrogen (secondary N) is 1. The van der Waals surface area contributed by atoms with Gasteiger partial charge in [-0.2, -0.15) is 0 Å². The summed E-state index contributed by atoms with van der Waals surface area (Å²) >= 11 is 3.32. The first kappa shape index (κ1) is 14.0. The molecule has 1 heterocycles. The second-order valence-corrected chi connectivity index (χ2v) is 6.96. The molecule has 22 heavy (non-hydrogen) atoms. The Morgan fingerprint density at radius 1 is 1.32 bits per heavy atom. The van der Waals surface area contributed by atoms with Crippen molar-refractivity contribution in [1.82, 2.24) is 10.5 Å². The van der Waals surface area contributed by atoms with Gasteiger partial charge in [-0.1, -0.05) is 35.5 Å². The number of nitrogens with zero attached hydrogens (tertiary/aromatic N) is 1. The van der Waals surface area contributed by atoms with Crippen LogP contribution in [0.2, 0.25) is 0 Å². The molecule has 0 spiro atoms. The molecule has 2 aliphatic carbocycles. The van der Waals surface area contributed by atoms with Gasteiger partial charge in [-0.3, -0.25) is 4.79 Å². The summed E-state index contributed by atoms with van der Waals surface area (Å²) in [4.78, 5) is 12.4. The Balaban J connectivity index is 1.37. The Labute approximate surface area is 137 Å². The van der Waals surface area contributed by atoms with Gasteiger partial charge in [0, 0.05) is 12.5 Å². The number of benzene rings is 1. The molecule has 0 unspecified atom stereocenters. The molecule has 2 fully saturated rings. The van der Waals surface area contributed by atoms with Gasteiger partial charge in [-0.25, -0.2) is 0 Å². The van der Waals surface area contributed by atoms with Gasteiger partial charge >= 0.3 is 0 Å². The number of halogens is 1. The van der Waals surface area contributed by atoms with E-state index in [1.54, 1.807) is 0 Å². The van der Waals surface area contributed by atoms with Crippen LogP contribution in [0, 0.1) is 5.92 Å². The van der Waals surface area contributed by atoms with Crippen molar-refractivity contribution >= 4 is 21.8 Å². The highest BCUT2D eigenvalue weighted by molar-refractivity contribution is 9.10. The summed E-state index contributed by atoms with van der Waals surface area (Å²) in [5, 5.41) is 6.93. The minimum absolute atomic E-state index is 0.0752. The Bertz CT molecular complexity index is 694. The van der Waals surface area contributed by atoms with Gasteiger partial charge in [0.2, 0.25) is 0 Å². The monoisotopic (exact) mass is 360 g/mol. The molecular weight excluding hydrogens is 344 g/mol. The first-order valence-corrected chi connectivity index (χ1v) is 8.51. The average molecular weight is 361 g/mol. The van der Waals surface area contributed by atoms with E-state index >= 15 is 0 Å². The molecule has 5 heteroatoms. The van der Waals surface area contributed by atoms with Crippen molar-refractivity contribution in [1.29, 1.82) is 0 Å². The Morgan fingerprint density at radius 3 is 2.82 bits per heavy atom. The highest BCUT2D eigenvalue weighted by Crippen LogP contribution is 2.47. The summed E-state index contributed by atoms with van der Waals surface area (Å²) in [7, 11) is 0. The molecule has 0 radical (unpaired) electrons. The highest BCUT2D eigenvalue weighted by Gasteiger charge is 2.39. The summed E-state index contributed by atoms with van der Waals surface area (Å²) in [6.07, 6.45) is 3.31. The van der Waals surface area contributed by atoms with Crippen molar-refractivity contribution in [3.05, 3.63) is 51.8 Å². The van der Waals surface area contributed by atoms with E-state index in [1.165, 1.54) is 5.56 Å². The van der Waals surface area contributed by atoms with E-state index in [0.717, 1.165) is 25.0 Å². The van der Waals surface area contributed by atoms with Crippen molar-refractivity contribution in [3.8, 4) is 0 Å². The minimum atomic E-state index is -0.0752. The summed E-state index contributed by atoms with van der Waals surface area (Å²) in [5.41, 5.74) is 1.95. The number of hydrogen-bond donors (Lipinski definition) is 1. The van der Waals surface area contributed by atoms with E-state index in [4.69, 9.17) is 4.52 Å². The van der Waals surface area contributed by atoms with Crippen LogP contribution < -0.4 is 5.32 Å². The van der Waals surface area contributed by atoms with Crippen LogP contribution in [0.5, 0.6) is 0 Å². The maximum absolute atomic E-state index is 12.4. The van der Waals surface area contributed by atoms with Gasteiger partial charge in [0.25, 0.3) is 5.91 Å². The van der Waals surface area contributed by atoms with Gasteiger partial charge < -0.3 is 9.84 Å². The van der Waals surface area contributed by atoms with E-state index in [9.17, 15) is 4.79 Å². The molecule has 1 amide bonds. The second-order valence-electron chi connectivity index (χ2n) is 6.21. The molecule has 2 saturated carbocycles. The fraction of sp³-hybridized carbons (Fsp3) is 0.412. The molecule has 2 aliphatic rings. The molecular formula is C17H17BrN2O2. The van der Waals surface area contributed by atoms with Crippen molar-refractivity contribution in [2.75, 3.05) is 6.54 Å². The van der Waals surface area contributed by atoms with E-state index < -0.39 is 0 Å². The van der Waals surface area contributed by atoms with Crippen LogP contribution in [0.25, 0.3) is 0 Å². The quantitative estimate of drug-likeness (QED) is 0.880. The van der Waals surface area contributed by atoms with Crippen molar-refractivity contribution in [3.63, 3.8) is 0 Å².